The van der Waals surface area contributed by atoms with Gasteiger partial charge in [0.25, 0.3) is 5.84 Å². The molecule has 3 rings (SSSR count). The first kappa shape index (κ1) is 11.4. The van der Waals surface area contributed by atoms with E-state index >= 15 is 0 Å². The van der Waals surface area contributed by atoms with Gasteiger partial charge >= 0.3 is 0 Å². The molecule has 0 fully saturated rings. The summed E-state index contributed by atoms with van der Waals surface area (Å²) in [6.45, 7) is 2.09. The molecule has 0 unspecified atom stereocenters. The minimum Gasteiger partial charge on any atom is -1.00 e. The summed E-state index contributed by atoms with van der Waals surface area (Å²) in [5.74, 6) is 1.17. The number of benzene rings is 2. The van der Waals surface area contributed by atoms with Crippen molar-refractivity contribution in [2.24, 2.45) is 0 Å². The van der Waals surface area contributed by atoms with Gasteiger partial charge in [0, 0.05) is 6.92 Å². The van der Waals surface area contributed by atoms with Crippen LogP contribution in [0.5, 0.6) is 0 Å². The zero-order valence-electron chi connectivity index (χ0n) is 9.29. The van der Waals surface area contributed by atoms with E-state index in [0.29, 0.717) is 0 Å². The molecule has 0 saturated heterocycles. The van der Waals surface area contributed by atoms with Crippen LogP contribution in [-0.4, -0.2) is 17.5 Å². The molecule has 2 nitrogen and oxygen atoms in total. The predicted octanol–water partition coefficient (Wildman–Crippen LogP) is -0.0385. The zero-order chi connectivity index (χ0) is 10.4. The fourth-order valence-electron chi connectivity index (χ4n) is 2.16. The summed E-state index contributed by atoms with van der Waals surface area (Å²) in [4.78, 5) is 0. The summed E-state index contributed by atoms with van der Waals surface area (Å²) in [7, 11) is 2.09. The molecule has 1 aliphatic rings. The Morgan fingerprint density at radius 3 is 2.50 bits per heavy atom. The fourth-order valence-corrected chi connectivity index (χ4v) is 2.16. The van der Waals surface area contributed by atoms with Crippen molar-refractivity contribution in [3.8, 4) is 0 Å². The molecule has 2 aromatic rings. The lowest BCUT2D eigenvalue weighted by atomic mass is 10.0. The van der Waals surface area contributed by atoms with Crippen molar-refractivity contribution in [2.45, 2.75) is 6.92 Å². The van der Waals surface area contributed by atoms with Gasteiger partial charge in [0.2, 0.25) is 0 Å². The van der Waals surface area contributed by atoms with Crippen LogP contribution in [-0.2, 0) is 0 Å². The number of hydrogen-bond acceptors (Lipinski definition) is 1. The molecule has 1 aliphatic heterocycles. The van der Waals surface area contributed by atoms with Crippen molar-refractivity contribution in [3.63, 3.8) is 0 Å². The molecule has 0 spiro atoms. The van der Waals surface area contributed by atoms with E-state index in [2.05, 4.69) is 60.3 Å². The van der Waals surface area contributed by atoms with E-state index in [4.69, 9.17) is 0 Å². The molecule has 0 radical (unpaired) electrons. The van der Waals surface area contributed by atoms with Crippen LogP contribution in [0.3, 0.4) is 0 Å². The maximum Gasteiger partial charge on any atom is 0.251 e. The SMILES string of the molecule is CC1=[N+](C)c2cccc3cccc(c23)N1.[I-]. The maximum absolute atomic E-state index is 3.42. The average Bonchev–Trinajstić information content (AvgIpc) is 2.26. The molecule has 0 amide bonds. The third kappa shape index (κ3) is 1.50. The number of anilines is 1. The quantitative estimate of drug-likeness (QED) is 0.531. The molecular weight excluding hydrogens is 311 g/mol. The second-order valence-corrected chi connectivity index (χ2v) is 3.95. The van der Waals surface area contributed by atoms with Crippen LogP contribution in [0.4, 0.5) is 11.4 Å². The lowest BCUT2D eigenvalue weighted by Crippen LogP contribution is -3.00. The van der Waals surface area contributed by atoms with Crippen molar-refractivity contribution >= 4 is 28.0 Å². The highest BCUT2D eigenvalue weighted by atomic mass is 127. The Hall–Kier alpha value is -1.10. The Bertz CT molecular complexity index is 582. The summed E-state index contributed by atoms with van der Waals surface area (Å²) in [6.07, 6.45) is 0. The van der Waals surface area contributed by atoms with Gasteiger partial charge in [-0.1, -0.05) is 24.3 Å². The number of amidine groups is 1. The Morgan fingerprint density at radius 1 is 1.06 bits per heavy atom. The van der Waals surface area contributed by atoms with Crippen molar-refractivity contribution in [2.75, 3.05) is 12.4 Å². The topological polar surface area (TPSA) is 15.0 Å². The third-order valence-electron chi connectivity index (χ3n) is 3.06. The Balaban J connectivity index is 0.000000963. The molecule has 0 bridgehead atoms. The summed E-state index contributed by atoms with van der Waals surface area (Å²) in [5, 5.41) is 6.02. The first-order valence-electron chi connectivity index (χ1n) is 5.13. The third-order valence-corrected chi connectivity index (χ3v) is 3.06. The highest BCUT2D eigenvalue weighted by molar-refractivity contribution is 6.09. The summed E-state index contributed by atoms with van der Waals surface area (Å²) in [6, 6.07) is 12.8. The first-order chi connectivity index (χ1) is 7.27. The molecule has 3 heteroatoms. The molecular formula is C13H13IN2. The van der Waals surface area contributed by atoms with Crippen molar-refractivity contribution in [1.29, 1.82) is 0 Å². The lowest BCUT2D eigenvalue weighted by Gasteiger charge is -2.15. The molecule has 0 aromatic heterocycles. The van der Waals surface area contributed by atoms with Gasteiger partial charge in [0.15, 0.2) is 0 Å². The van der Waals surface area contributed by atoms with E-state index in [1.165, 1.54) is 28.0 Å². The highest BCUT2D eigenvalue weighted by Crippen LogP contribution is 2.34. The lowest BCUT2D eigenvalue weighted by molar-refractivity contribution is -0.404. The number of rotatable bonds is 0. The standard InChI is InChI=1S/C13H12N2.HI/c1-9-14-11-7-3-5-10-6-4-8-12(13(10)11)15(9)2;/h3-8H,1-2H3;1H. The van der Waals surface area contributed by atoms with Gasteiger partial charge in [-0.3, -0.25) is 0 Å². The van der Waals surface area contributed by atoms with E-state index in [-0.39, 0.29) is 24.0 Å². The number of nitrogens with zero attached hydrogens (tertiary/aromatic N) is 1. The smallest absolute Gasteiger partial charge is 0.251 e. The van der Waals surface area contributed by atoms with Crippen LogP contribution in [0.2, 0.25) is 0 Å². The fraction of sp³-hybridized carbons (Fsp3) is 0.154. The molecule has 16 heavy (non-hydrogen) atoms. The van der Waals surface area contributed by atoms with Crippen LogP contribution in [0.15, 0.2) is 36.4 Å². The monoisotopic (exact) mass is 324 g/mol. The first-order valence-corrected chi connectivity index (χ1v) is 5.13. The van der Waals surface area contributed by atoms with E-state index < -0.39 is 0 Å². The van der Waals surface area contributed by atoms with Gasteiger partial charge in [0.05, 0.1) is 12.4 Å². The van der Waals surface area contributed by atoms with Gasteiger partial charge in [-0.2, -0.15) is 0 Å². The average molecular weight is 324 g/mol. The second kappa shape index (κ2) is 4.05. The largest absolute Gasteiger partial charge is 1.00 e. The van der Waals surface area contributed by atoms with Gasteiger partial charge in [-0.25, -0.2) is 9.89 Å². The molecule has 1 N–H and O–H groups in total. The highest BCUT2D eigenvalue weighted by Gasteiger charge is 2.20. The maximum atomic E-state index is 3.42. The predicted molar refractivity (Wildman–Crippen MR) is 64.1 cm³/mol. The molecule has 82 valence electrons. The van der Waals surface area contributed by atoms with Gasteiger partial charge in [0.1, 0.15) is 11.4 Å². The minimum atomic E-state index is 0. The summed E-state index contributed by atoms with van der Waals surface area (Å²) in [5.41, 5.74) is 2.48. The van der Waals surface area contributed by atoms with Crippen LogP contribution < -0.4 is 29.3 Å². The minimum absolute atomic E-state index is 0. The van der Waals surface area contributed by atoms with Crippen molar-refractivity contribution in [1.82, 2.24) is 0 Å². The molecule has 0 atom stereocenters. The van der Waals surface area contributed by atoms with Crippen LogP contribution in [0.1, 0.15) is 6.92 Å². The number of halogens is 1. The number of hydrogen-bond donors (Lipinski definition) is 1. The van der Waals surface area contributed by atoms with Crippen molar-refractivity contribution < 1.29 is 28.6 Å². The molecule has 1 heterocycles. The number of nitrogens with one attached hydrogen (secondary N) is 1. The van der Waals surface area contributed by atoms with Gasteiger partial charge in [-0.05, 0) is 17.5 Å². The molecule has 2 aromatic carbocycles. The van der Waals surface area contributed by atoms with E-state index in [1.54, 1.807) is 0 Å². The van der Waals surface area contributed by atoms with Crippen LogP contribution in [0.25, 0.3) is 10.8 Å². The van der Waals surface area contributed by atoms with E-state index in [9.17, 15) is 0 Å². The van der Waals surface area contributed by atoms with Crippen LogP contribution >= 0.6 is 0 Å². The molecule has 0 saturated carbocycles. The Morgan fingerprint density at radius 2 is 1.75 bits per heavy atom. The van der Waals surface area contributed by atoms with Crippen LogP contribution in [0, 0.1) is 0 Å². The molecule has 0 aliphatic carbocycles. The summed E-state index contributed by atoms with van der Waals surface area (Å²) >= 11 is 0. The van der Waals surface area contributed by atoms with E-state index in [1.807, 2.05) is 0 Å². The Labute approximate surface area is 112 Å². The van der Waals surface area contributed by atoms with E-state index in [0.717, 1.165) is 0 Å². The van der Waals surface area contributed by atoms with Crippen molar-refractivity contribution in [3.05, 3.63) is 36.4 Å². The Kier molecular flexibility index (Phi) is 2.88. The van der Waals surface area contributed by atoms with Gasteiger partial charge < -0.3 is 24.0 Å². The van der Waals surface area contributed by atoms with Gasteiger partial charge in [-0.15, -0.1) is 0 Å². The summed E-state index contributed by atoms with van der Waals surface area (Å²) < 4.78 is 2.19. The normalized spacial score (nSPS) is 13.4. The zero-order valence-corrected chi connectivity index (χ0v) is 11.4. The second-order valence-electron chi connectivity index (χ2n) is 3.95.